The normalized spacial score (nSPS) is 11.6. The van der Waals surface area contributed by atoms with Crippen LogP contribution < -0.4 is 5.32 Å². The standard InChI is InChI=1S/C29H32Cl2N2O2S/c1-2-3-17-32-29(35)27(18-22-7-5-4-6-8-22)33(19-23-9-13-25(30)14-10-23)28(34)21-36-20-24-11-15-26(31)16-12-24/h4-16,27H,2-3,17-21H2,1H3,(H,32,35)/t27-/m1/s1. The van der Waals surface area contributed by atoms with Crippen molar-refractivity contribution in [2.24, 2.45) is 0 Å². The Balaban J connectivity index is 1.81. The molecule has 0 radical (unpaired) electrons. The van der Waals surface area contributed by atoms with E-state index in [-0.39, 0.29) is 17.6 Å². The van der Waals surface area contributed by atoms with Crippen molar-refractivity contribution < 1.29 is 9.59 Å². The van der Waals surface area contributed by atoms with Gasteiger partial charge in [-0.25, -0.2) is 0 Å². The highest BCUT2D eigenvalue weighted by Gasteiger charge is 2.30. The van der Waals surface area contributed by atoms with Crippen LogP contribution in [-0.2, 0) is 28.3 Å². The summed E-state index contributed by atoms with van der Waals surface area (Å²) in [7, 11) is 0. The average molecular weight is 544 g/mol. The zero-order valence-corrected chi connectivity index (χ0v) is 22.8. The molecular formula is C29H32Cl2N2O2S. The van der Waals surface area contributed by atoms with Crippen LogP contribution in [-0.4, -0.2) is 35.1 Å². The molecule has 190 valence electrons. The van der Waals surface area contributed by atoms with Crippen LogP contribution in [0, 0.1) is 0 Å². The Labute approximate surface area is 228 Å². The van der Waals surface area contributed by atoms with Crippen molar-refractivity contribution in [1.82, 2.24) is 10.2 Å². The highest BCUT2D eigenvalue weighted by molar-refractivity contribution is 7.99. The van der Waals surface area contributed by atoms with Crippen LogP contribution in [0.3, 0.4) is 0 Å². The molecule has 0 saturated heterocycles. The lowest BCUT2D eigenvalue weighted by atomic mass is 10.0. The minimum Gasteiger partial charge on any atom is -0.354 e. The summed E-state index contributed by atoms with van der Waals surface area (Å²) in [6, 6.07) is 24.3. The monoisotopic (exact) mass is 542 g/mol. The molecule has 1 atom stereocenters. The second-order valence-corrected chi connectivity index (χ2v) is 10.5. The largest absolute Gasteiger partial charge is 0.354 e. The number of rotatable bonds is 13. The van der Waals surface area contributed by atoms with Crippen LogP contribution in [0.15, 0.2) is 78.9 Å². The van der Waals surface area contributed by atoms with Crippen molar-refractivity contribution in [2.75, 3.05) is 12.3 Å². The first-order chi connectivity index (χ1) is 17.5. The minimum atomic E-state index is -0.622. The molecule has 0 fully saturated rings. The van der Waals surface area contributed by atoms with E-state index in [0.29, 0.717) is 35.3 Å². The molecule has 3 rings (SSSR count). The Morgan fingerprint density at radius 2 is 1.47 bits per heavy atom. The van der Waals surface area contributed by atoms with E-state index in [1.54, 1.807) is 4.90 Å². The Bertz CT molecular complexity index is 1090. The van der Waals surface area contributed by atoms with Crippen LogP contribution >= 0.6 is 35.0 Å². The molecule has 0 aliphatic carbocycles. The van der Waals surface area contributed by atoms with Gasteiger partial charge in [-0.1, -0.05) is 91.1 Å². The first-order valence-corrected chi connectivity index (χ1v) is 14.0. The van der Waals surface area contributed by atoms with E-state index in [0.717, 1.165) is 29.5 Å². The molecule has 4 nitrogen and oxygen atoms in total. The number of thioether (sulfide) groups is 1. The number of nitrogens with zero attached hydrogens (tertiary/aromatic N) is 1. The van der Waals surface area contributed by atoms with E-state index in [1.165, 1.54) is 11.8 Å². The number of halogens is 2. The van der Waals surface area contributed by atoms with Gasteiger partial charge in [0.05, 0.1) is 5.75 Å². The molecule has 0 bridgehead atoms. The smallest absolute Gasteiger partial charge is 0.243 e. The molecule has 1 N–H and O–H groups in total. The van der Waals surface area contributed by atoms with E-state index in [9.17, 15) is 9.59 Å². The van der Waals surface area contributed by atoms with Gasteiger partial charge in [0.15, 0.2) is 0 Å². The summed E-state index contributed by atoms with van der Waals surface area (Å²) in [4.78, 5) is 28.7. The van der Waals surface area contributed by atoms with E-state index >= 15 is 0 Å². The van der Waals surface area contributed by atoms with E-state index in [4.69, 9.17) is 23.2 Å². The molecule has 0 aliphatic rings. The van der Waals surface area contributed by atoms with Gasteiger partial charge in [-0.2, -0.15) is 0 Å². The van der Waals surface area contributed by atoms with Crippen LogP contribution in [0.25, 0.3) is 0 Å². The van der Waals surface area contributed by atoms with Crippen molar-refractivity contribution in [2.45, 2.75) is 44.5 Å². The van der Waals surface area contributed by atoms with Gasteiger partial charge >= 0.3 is 0 Å². The lowest BCUT2D eigenvalue weighted by molar-refractivity contribution is -0.139. The molecule has 7 heteroatoms. The second-order valence-electron chi connectivity index (χ2n) is 8.62. The third-order valence-corrected chi connectivity index (χ3v) is 7.27. The molecule has 0 heterocycles. The number of carbonyl (C=O) groups excluding carboxylic acids is 2. The van der Waals surface area contributed by atoms with Gasteiger partial charge in [-0.3, -0.25) is 9.59 Å². The highest BCUT2D eigenvalue weighted by Crippen LogP contribution is 2.20. The van der Waals surface area contributed by atoms with Crippen molar-refractivity contribution in [3.8, 4) is 0 Å². The molecule has 0 aliphatic heterocycles. The zero-order chi connectivity index (χ0) is 25.8. The molecule has 0 saturated carbocycles. The van der Waals surface area contributed by atoms with Gasteiger partial charge in [0.2, 0.25) is 11.8 Å². The summed E-state index contributed by atoms with van der Waals surface area (Å²) >= 11 is 13.6. The number of unbranched alkanes of at least 4 members (excludes halogenated alkanes) is 1. The number of amides is 2. The fourth-order valence-corrected chi connectivity index (χ4v) is 4.89. The Kier molecular flexibility index (Phi) is 11.7. The topological polar surface area (TPSA) is 49.4 Å². The minimum absolute atomic E-state index is 0.0736. The van der Waals surface area contributed by atoms with Crippen LogP contribution in [0.5, 0.6) is 0 Å². The summed E-state index contributed by atoms with van der Waals surface area (Å²) in [6.45, 7) is 3.01. The second kappa shape index (κ2) is 14.9. The van der Waals surface area contributed by atoms with Gasteiger partial charge < -0.3 is 10.2 Å². The fraction of sp³-hybridized carbons (Fsp3) is 0.310. The number of benzene rings is 3. The van der Waals surface area contributed by atoms with E-state index in [1.807, 2.05) is 78.9 Å². The van der Waals surface area contributed by atoms with Crippen molar-refractivity contribution in [3.63, 3.8) is 0 Å². The molecule has 3 aromatic carbocycles. The van der Waals surface area contributed by atoms with Gasteiger partial charge in [-0.15, -0.1) is 11.8 Å². The summed E-state index contributed by atoms with van der Waals surface area (Å²) in [5.41, 5.74) is 3.03. The van der Waals surface area contributed by atoms with Gasteiger partial charge in [0, 0.05) is 35.3 Å². The molecule has 3 aromatic rings. The van der Waals surface area contributed by atoms with E-state index in [2.05, 4.69) is 12.2 Å². The van der Waals surface area contributed by atoms with Gasteiger partial charge in [-0.05, 0) is 47.4 Å². The van der Waals surface area contributed by atoms with Crippen LogP contribution in [0.4, 0.5) is 0 Å². The third-order valence-electron chi connectivity index (χ3n) is 5.77. The number of carbonyl (C=O) groups is 2. The lowest BCUT2D eigenvalue weighted by Gasteiger charge is -2.31. The SMILES string of the molecule is CCCCNC(=O)[C@@H](Cc1ccccc1)N(Cc1ccc(Cl)cc1)C(=O)CSCc1ccc(Cl)cc1. The zero-order valence-electron chi connectivity index (χ0n) is 20.5. The van der Waals surface area contributed by atoms with Crippen LogP contribution in [0.2, 0.25) is 10.0 Å². The molecule has 36 heavy (non-hydrogen) atoms. The summed E-state index contributed by atoms with van der Waals surface area (Å²) in [5.74, 6) is 0.751. The molecule has 2 amide bonds. The molecule has 0 spiro atoms. The molecule has 0 unspecified atom stereocenters. The first kappa shape index (κ1) is 28.1. The average Bonchev–Trinajstić information content (AvgIpc) is 2.89. The first-order valence-electron chi connectivity index (χ1n) is 12.1. The summed E-state index contributed by atoms with van der Waals surface area (Å²) in [5, 5.41) is 4.37. The van der Waals surface area contributed by atoms with E-state index < -0.39 is 6.04 Å². The number of hydrogen-bond acceptors (Lipinski definition) is 3. The Morgan fingerprint density at radius 3 is 2.08 bits per heavy atom. The maximum absolute atomic E-state index is 13.6. The maximum Gasteiger partial charge on any atom is 0.243 e. The predicted octanol–water partition coefficient (Wildman–Crippen LogP) is 6.78. The Hall–Kier alpha value is -2.47. The summed E-state index contributed by atoms with van der Waals surface area (Å²) in [6.07, 6.45) is 2.32. The van der Waals surface area contributed by atoms with Crippen LogP contribution in [0.1, 0.15) is 36.5 Å². The quantitative estimate of drug-likeness (QED) is 0.242. The van der Waals surface area contributed by atoms with Crippen molar-refractivity contribution in [1.29, 1.82) is 0 Å². The predicted molar refractivity (Wildman–Crippen MR) is 151 cm³/mol. The van der Waals surface area contributed by atoms with Crippen molar-refractivity contribution in [3.05, 3.63) is 106 Å². The Morgan fingerprint density at radius 1 is 0.861 bits per heavy atom. The fourth-order valence-electron chi connectivity index (χ4n) is 3.77. The lowest BCUT2D eigenvalue weighted by Crippen LogP contribution is -2.51. The number of nitrogens with one attached hydrogen (secondary N) is 1. The molecular weight excluding hydrogens is 511 g/mol. The van der Waals surface area contributed by atoms with Gasteiger partial charge in [0.25, 0.3) is 0 Å². The van der Waals surface area contributed by atoms with Crippen molar-refractivity contribution >= 4 is 46.8 Å². The highest BCUT2D eigenvalue weighted by atomic mass is 35.5. The third kappa shape index (κ3) is 9.20. The maximum atomic E-state index is 13.6. The number of hydrogen-bond donors (Lipinski definition) is 1. The summed E-state index contributed by atoms with van der Waals surface area (Å²) < 4.78 is 0. The molecule has 0 aromatic heterocycles. The van der Waals surface area contributed by atoms with Gasteiger partial charge in [0.1, 0.15) is 6.04 Å².